The summed E-state index contributed by atoms with van der Waals surface area (Å²) in [4.78, 5) is 34.8. The minimum Gasteiger partial charge on any atom is -0.459 e. The number of nitro benzene ring substituents is 1. The fourth-order valence-electron chi connectivity index (χ4n) is 2.03. The molecule has 0 unspecified atom stereocenters. The highest BCUT2D eigenvalue weighted by molar-refractivity contribution is 7.18. The number of amides is 2. The molecule has 0 saturated heterocycles. The third-order valence-electron chi connectivity index (χ3n) is 3.21. The molecule has 1 aromatic carbocycles. The molecule has 3 rings (SSSR count). The van der Waals surface area contributed by atoms with Crippen molar-refractivity contribution >= 4 is 51.1 Å². The maximum Gasteiger partial charge on any atom is 0.291 e. The number of hydrogen-bond donors (Lipinski definition) is 2. The first-order valence-electron chi connectivity index (χ1n) is 7.14. The van der Waals surface area contributed by atoms with Crippen LogP contribution in [0.5, 0.6) is 0 Å². The van der Waals surface area contributed by atoms with Gasteiger partial charge in [-0.1, -0.05) is 11.6 Å². The summed E-state index contributed by atoms with van der Waals surface area (Å²) in [6, 6.07) is 10.2. The van der Waals surface area contributed by atoms with Crippen LogP contribution in [-0.2, 0) is 0 Å². The molecular formula is C16H10ClN3O5S. The van der Waals surface area contributed by atoms with Crippen molar-refractivity contribution in [3.63, 3.8) is 0 Å². The Hall–Kier alpha value is -3.17. The molecule has 0 bridgehead atoms. The van der Waals surface area contributed by atoms with Crippen LogP contribution in [0.25, 0.3) is 0 Å². The number of carbonyl (C=O) groups excluding carboxylic acids is 2. The molecular weight excluding hydrogens is 382 g/mol. The number of nitro groups is 1. The molecule has 0 aliphatic rings. The van der Waals surface area contributed by atoms with E-state index < -0.39 is 16.7 Å². The van der Waals surface area contributed by atoms with Gasteiger partial charge in [0.1, 0.15) is 5.02 Å². The minimum absolute atomic E-state index is 0.0213. The number of thiophene rings is 1. The Balaban J connectivity index is 1.69. The van der Waals surface area contributed by atoms with Crippen molar-refractivity contribution in [1.29, 1.82) is 0 Å². The Labute approximate surface area is 155 Å². The van der Waals surface area contributed by atoms with Crippen LogP contribution in [-0.4, -0.2) is 16.7 Å². The Morgan fingerprint density at radius 3 is 2.62 bits per heavy atom. The number of halogens is 1. The molecule has 0 radical (unpaired) electrons. The molecule has 10 heteroatoms. The van der Waals surface area contributed by atoms with E-state index in [0.29, 0.717) is 9.88 Å². The lowest BCUT2D eigenvalue weighted by atomic mass is 10.2. The van der Waals surface area contributed by atoms with Crippen LogP contribution in [0.2, 0.25) is 5.02 Å². The normalized spacial score (nSPS) is 10.3. The first kappa shape index (κ1) is 17.6. The largest absolute Gasteiger partial charge is 0.459 e. The van der Waals surface area contributed by atoms with Crippen molar-refractivity contribution in [2.24, 2.45) is 0 Å². The zero-order valence-electron chi connectivity index (χ0n) is 12.9. The van der Waals surface area contributed by atoms with E-state index in [-0.39, 0.29) is 22.2 Å². The Morgan fingerprint density at radius 1 is 1.12 bits per heavy atom. The van der Waals surface area contributed by atoms with Crippen LogP contribution < -0.4 is 10.6 Å². The highest BCUT2D eigenvalue weighted by Crippen LogP contribution is 2.28. The molecule has 2 N–H and O–H groups in total. The second kappa shape index (κ2) is 7.38. The number of nitrogens with one attached hydrogen (secondary N) is 2. The van der Waals surface area contributed by atoms with E-state index in [1.54, 1.807) is 12.1 Å². The van der Waals surface area contributed by atoms with Gasteiger partial charge in [0, 0.05) is 11.8 Å². The molecule has 0 aliphatic carbocycles. The predicted octanol–water partition coefficient (Wildman–Crippen LogP) is 4.41. The van der Waals surface area contributed by atoms with E-state index in [4.69, 9.17) is 16.0 Å². The van der Waals surface area contributed by atoms with Gasteiger partial charge in [-0.05, 0) is 36.4 Å². The third-order valence-corrected chi connectivity index (χ3v) is 4.53. The van der Waals surface area contributed by atoms with Crippen molar-refractivity contribution < 1.29 is 18.9 Å². The van der Waals surface area contributed by atoms with Crippen molar-refractivity contribution in [3.05, 3.63) is 74.5 Å². The van der Waals surface area contributed by atoms with E-state index in [1.807, 2.05) is 0 Å². The first-order chi connectivity index (χ1) is 12.4. The lowest BCUT2D eigenvalue weighted by molar-refractivity contribution is -0.384. The number of nitrogens with zero attached hydrogens (tertiary/aromatic N) is 1. The van der Waals surface area contributed by atoms with Gasteiger partial charge in [-0.3, -0.25) is 19.7 Å². The van der Waals surface area contributed by atoms with E-state index in [2.05, 4.69) is 10.6 Å². The molecule has 0 spiro atoms. The summed E-state index contributed by atoms with van der Waals surface area (Å²) in [6.07, 6.45) is 1.38. The molecule has 0 atom stereocenters. The second-order valence-corrected chi connectivity index (χ2v) is 6.46. The quantitative estimate of drug-likeness (QED) is 0.494. The van der Waals surface area contributed by atoms with Crippen molar-refractivity contribution in [3.8, 4) is 0 Å². The van der Waals surface area contributed by atoms with Crippen molar-refractivity contribution in [2.75, 3.05) is 10.6 Å². The molecule has 132 valence electrons. The van der Waals surface area contributed by atoms with Gasteiger partial charge in [-0.15, -0.1) is 11.3 Å². The molecule has 2 heterocycles. The summed E-state index contributed by atoms with van der Waals surface area (Å²) in [5.41, 5.74) is -0.0669. The summed E-state index contributed by atoms with van der Waals surface area (Å²) >= 11 is 6.79. The van der Waals surface area contributed by atoms with Crippen molar-refractivity contribution in [2.45, 2.75) is 0 Å². The smallest absolute Gasteiger partial charge is 0.291 e. The zero-order chi connectivity index (χ0) is 18.7. The van der Waals surface area contributed by atoms with Gasteiger partial charge in [-0.25, -0.2) is 0 Å². The van der Waals surface area contributed by atoms with Gasteiger partial charge < -0.3 is 15.1 Å². The summed E-state index contributed by atoms with van der Waals surface area (Å²) in [7, 11) is 0. The van der Waals surface area contributed by atoms with Crippen LogP contribution >= 0.6 is 22.9 Å². The van der Waals surface area contributed by atoms with Crippen LogP contribution in [0.15, 0.2) is 53.1 Å². The average molecular weight is 392 g/mol. The monoisotopic (exact) mass is 391 g/mol. The van der Waals surface area contributed by atoms with Crippen LogP contribution in [0.3, 0.4) is 0 Å². The molecule has 8 nitrogen and oxygen atoms in total. The fraction of sp³-hybridized carbons (Fsp3) is 0. The van der Waals surface area contributed by atoms with Crippen LogP contribution in [0.4, 0.5) is 16.4 Å². The number of benzene rings is 1. The van der Waals surface area contributed by atoms with Crippen LogP contribution in [0.1, 0.15) is 20.2 Å². The number of hydrogen-bond acceptors (Lipinski definition) is 6. The molecule has 26 heavy (non-hydrogen) atoms. The molecule has 3 aromatic rings. The molecule has 0 saturated carbocycles. The molecule has 2 aromatic heterocycles. The topological polar surface area (TPSA) is 114 Å². The molecule has 2 amide bonds. The summed E-state index contributed by atoms with van der Waals surface area (Å²) in [6.45, 7) is 0. The Kier molecular flexibility index (Phi) is 5.01. The van der Waals surface area contributed by atoms with Gasteiger partial charge in [0.2, 0.25) is 0 Å². The predicted molar refractivity (Wildman–Crippen MR) is 97.0 cm³/mol. The summed E-state index contributed by atoms with van der Waals surface area (Å²) in [5.74, 6) is -0.750. The maximum absolute atomic E-state index is 12.3. The second-order valence-electron chi connectivity index (χ2n) is 4.97. The lowest BCUT2D eigenvalue weighted by Gasteiger charge is -2.04. The van der Waals surface area contributed by atoms with Gasteiger partial charge in [-0.2, -0.15) is 0 Å². The average Bonchev–Trinajstić information content (AvgIpc) is 3.27. The zero-order valence-corrected chi connectivity index (χ0v) is 14.5. The standard InChI is InChI=1S/C16H10ClN3O5S/c17-10-4-3-9(8-11(10)20(23)24)18-16(22)13-5-6-14(26-13)19-15(21)12-2-1-7-25-12/h1-8H,(H,18,22)(H,19,21). The van der Waals surface area contributed by atoms with Gasteiger partial charge in [0.15, 0.2) is 5.76 Å². The third kappa shape index (κ3) is 3.90. The van der Waals surface area contributed by atoms with Crippen molar-refractivity contribution in [1.82, 2.24) is 0 Å². The number of rotatable bonds is 5. The Bertz CT molecular complexity index is 984. The van der Waals surface area contributed by atoms with Gasteiger partial charge in [0.25, 0.3) is 17.5 Å². The van der Waals surface area contributed by atoms with Gasteiger partial charge in [0.05, 0.1) is 21.1 Å². The number of furan rings is 1. The van der Waals surface area contributed by atoms with Gasteiger partial charge >= 0.3 is 0 Å². The summed E-state index contributed by atoms with van der Waals surface area (Å²) in [5, 5.41) is 16.5. The summed E-state index contributed by atoms with van der Waals surface area (Å²) < 4.78 is 4.99. The lowest BCUT2D eigenvalue weighted by Crippen LogP contribution is -2.11. The van der Waals surface area contributed by atoms with Crippen LogP contribution in [0, 0.1) is 10.1 Å². The first-order valence-corrected chi connectivity index (χ1v) is 8.33. The Morgan fingerprint density at radius 2 is 1.92 bits per heavy atom. The maximum atomic E-state index is 12.3. The van der Waals surface area contributed by atoms with E-state index in [0.717, 1.165) is 11.3 Å². The number of anilines is 2. The fourth-order valence-corrected chi connectivity index (χ4v) is 3.01. The highest BCUT2D eigenvalue weighted by atomic mass is 35.5. The van der Waals surface area contributed by atoms with E-state index >= 15 is 0 Å². The SMILES string of the molecule is O=C(Nc1ccc(C(=O)Nc2ccc(Cl)c([N+](=O)[O-])c2)s1)c1ccco1. The van der Waals surface area contributed by atoms with E-state index in [9.17, 15) is 19.7 Å². The molecule has 0 fully saturated rings. The highest BCUT2D eigenvalue weighted by Gasteiger charge is 2.16. The molecule has 0 aliphatic heterocycles. The van der Waals surface area contributed by atoms with E-state index in [1.165, 1.54) is 36.6 Å². The number of carbonyl (C=O) groups is 2. The minimum atomic E-state index is -0.634.